The average molecular weight is 404 g/mol. The van der Waals surface area contributed by atoms with Gasteiger partial charge in [0.2, 0.25) is 0 Å². The van der Waals surface area contributed by atoms with E-state index in [2.05, 4.69) is 64.0 Å². The molecule has 0 bridgehead atoms. The minimum absolute atomic E-state index is 0.675. The van der Waals surface area contributed by atoms with Gasteiger partial charge < -0.3 is 19.5 Å². The van der Waals surface area contributed by atoms with Crippen molar-refractivity contribution in [3.8, 4) is 5.75 Å². The molecule has 0 saturated carbocycles. The Bertz CT molecular complexity index is 1120. The summed E-state index contributed by atoms with van der Waals surface area (Å²) < 4.78 is 8.36. The maximum absolute atomic E-state index is 6.09. The van der Waals surface area contributed by atoms with Crippen molar-refractivity contribution in [3.63, 3.8) is 0 Å². The van der Waals surface area contributed by atoms with E-state index in [1.54, 1.807) is 0 Å². The summed E-state index contributed by atoms with van der Waals surface area (Å²) in [6.07, 6.45) is 1.84. The highest BCUT2D eigenvalue weighted by Gasteiger charge is 2.16. The molecule has 1 N–H and O–H groups in total. The van der Waals surface area contributed by atoms with E-state index in [1.165, 1.54) is 0 Å². The Kier molecular flexibility index (Phi) is 6.14. The van der Waals surface area contributed by atoms with Crippen LogP contribution in [0.3, 0.4) is 0 Å². The van der Waals surface area contributed by atoms with E-state index in [9.17, 15) is 0 Å². The number of likely N-dealkylation sites (N-methyl/N-ethyl adjacent to an activating group) is 1. The molecule has 0 atom stereocenters. The lowest BCUT2D eigenvalue weighted by molar-refractivity contribution is 0.223. The molecule has 6 nitrogen and oxygen atoms in total. The number of aromatic nitrogens is 3. The first-order valence-electron chi connectivity index (χ1n) is 10.7. The fraction of sp³-hybridized carbons (Fsp3) is 0.333. The van der Waals surface area contributed by atoms with Crippen LogP contribution in [0.4, 0.5) is 11.5 Å². The lowest BCUT2D eigenvalue weighted by Crippen LogP contribution is -2.27. The molecule has 4 rings (SSSR count). The number of hydrogen-bond donors (Lipinski definition) is 1. The second-order valence-corrected chi connectivity index (χ2v) is 7.24. The second kappa shape index (κ2) is 9.13. The van der Waals surface area contributed by atoms with Gasteiger partial charge in [0.15, 0.2) is 5.82 Å². The number of hydrogen-bond acceptors (Lipinski definition) is 5. The monoisotopic (exact) mass is 403 g/mol. The van der Waals surface area contributed by atoms with E-state index in [0.29, 0.717) is 6.61 Å². The molecule has 4 aromatic rings. The highest BCUT2D eigenvalue weighted by Crippen LogP contribution is 2.35. The zero-order chi connectivity index (χ0) is 20.9. The predicted molar refractivity (Wildman–Crippen MR) is 124 cm³/mol. The molecule has 2 heterocycles. The van der Waals surface area contributed by atoms with E-state index in [-0.39, 0.29) is 0 Å². The third-order valence-corrected chi connectivity index (χ3v) is 5.57. The Hall–Kier alpha value is -3.12. The molecule has 0 aliphatic heterocycles. The maximum Gasteiger partial charge on any atom is 0.163 e. The summed E-state index contributed by atoms with van der Waals surface area (Å²) in [6, 6.07) is 16.4. The van der Waals surface area contributed by atoms with Gasteiger partial charge in [-0.2, -0.15) is 5.10 Å². The third kappa shape index (κ3) is 3.96. The first-order chi connectivity index (χ1) is 14.7. The normalized spacial score (nSPS) is 11.5. The number of nitrogens with one attached hydrogen (secondary N) is 1. The second-order valence-electron chi connectivity index (χ2n) is 7.24. The summed E-state index contributed by atoms with van der Waals surface area (Å²) in [4.78, 5) is 2.36. The van der Waals surface area contributed by atoms with Gasteiger partial charge in [0.05, 0.1) is 17.1 Å². The van der Waals surface area contributed by atoms with Gasteiger partial charge in [0.1, 0.15) is 12.4 Å². The van der Waals surface area contributed by atoms with E-state index in [1.807, 2.05) is 36.5 Å². The molecule has 0 aliphatic rings. The lowest BCUT2D eigenvalue weighted by Gasteiger charge is -2.18. The molecule has 2 aromatic carbocycles. The molecule has 30 heavy (non-hydrogen) atoms. The summed E-state index contributed by atoms with van der Waals surface area (Å²) in [5, 5.41) is 14.3. The van der Waals surface area contributed by atoms with Crippen molar-refractivity contribution in [1.29, 1.82) is 0 Å². The van der Waals surface area contributed by atoms with Crippen LogP contribution in [0.15, 0.2) is 54.7 Å². The fourth-order valence-electron chi connectivity index (χ4n) is 3.94. The number of rotatable bonds is 9. The van der Waals surface area contributed by atoms with Crippen LogP contribution in [0.25, 0.3) is 21.8 Å². The van der Waals surface area contributed by atoms with E-state index < -0.39 is 0 Å². The number of anilines is 2. The molecule has 0 radical (unpaired) electrons. The first-order valence-corrected chi connectivity index (χ1v) is 10.7. The van der Waals surface area contributed by atoms with Crippen LogP contribution in [0.5, 0.6) is 5.75 Å². The van der Waals surface area contributed by atoms with Crippen molar-refractivity contribution in [2.75, 3.05) is 31.6 Å². The Morgan fingerprint density at radius 2 is 1.80 bits per heavy atom. The maximum atomic E-state index is 6.09. The van der Waals surface area contributed by atoms with E-state index >= 15 is 0 Å². The Labute approximate surface area is 177 Å². The van der Waals surface area contributed by atoms with Crippen molar-refractivity contribution < 1.29 is 4.74 Å². The minimum atomic E-state index is 0.675. The van der Waals surface area contributed by atoms with Crippen LogP contribution in [0.1, 0.15) is 20.8 Å². The smallest absolute Gasteiger partial charge is 0.163 e. The van der Waals surface area contributed by atoms with Crippen molar-refractivity contribution in [3.05, 3.63) is 54.7 Å². The molecule has 0 aliphatic carbocycles. The average Bonchev–Trinajstić information content (AvgIpc) is 3.11. The Morgan fingerprint density at radius 3 is 2.53 bits per heavy atom. The van der Waals surface area contributed by atoms with Gasteiger partial charge in [0.25, 0.3) is 0 Å². The molecule has 156 valence electrons. The standard InChI is InChI=1S/C24H29N5O/c1-4-28(5-2)14-15-30-19-12-13-21-20(16-19)23-22(29(21)6-3)17-25-27-24(23)26-18-10-8-7-9-11-18/h7-13,16-17H,4-6,14-15H2,1-3H3,(H,26,27). The fourth-order valence-corrected chi connectivity index (χ4v) is 3.94. The number of nitrogens with zero attached hydrogens (tertiary/aromatic N) is 4. The molecular formula is C24H29N5O. The highest BCUT2D eigenvalue weighted by atomic mass is 16.5. The molecule has 0 spiro atoms. The highest BCUT2D eigenvalue weighted by molar-refractivity contribution is 6.13. The Balaban J connectivity index is 1.73. The summed E-state index contributed by atoms with van der Waals surface area (Å²) in [5.41, 5.74) is 3.22. The van der Waals surface area contributed by atoms with Gasteiger partial charge in [0, 0.05) is 29.7 Å². The van der Waals surface area contributed by atoms with E-state index in [4.69, 9.17) is 4.74 Å². The SMILES string of the molecule is CCN(CC)CCOc1ccc2c(c1)c1c(Nc3ccccc3)nncc1n2CC. The van der Waals surface area contributed by atoms with E-state index in [0.717, 1.165) is 65.2 Å². The third-order valence-electron chi connectivity index (χ3n) is 5.57. The quantitative estimate of drug-likeness (QED) is 0.423. The largest absolute Gasteiger partial charge is 0.492 e. The van der Waals surface area contributed by atoms with Crippen LogP contribution in [-0.2, 0) is 6.54 Å². The lowest BCUT2D eigenvalue weighted by atomic mass is 10.2. The number of para-hydroxylation sites is 1. The molecule has 0 amide bonds. The van der Waals surface area contributed by atoms with Crippen molar-refractivity contribution in [1.82, 2.24) is 19.7 Å². The number of aryl methyl sites for hydroxylation is 1. The summed E-state index contributed by atoms with van der Waals surface area (Å²) in [6.45, 7) is 11.0. The van der Waals surface area contributed by atoms with Crippen molar-refractivity contribution >= 4 is 33.3 Å². The molecule has 0 saturated heterocycles. The Morgan fingerprint density at radius 1 is 1.00 bits per heavy atom. The van der Waals surface area contributed by atoms with Crippen LogP contribution in [-0.4, -0.2) is 45.9 Å². The van der Waals surface area contributed by atoms with Gasteiger partial charge in [-0.05, 0) is 50.3 Å². The van der Waals surface area contributed by atoms with Crippen molar-refractivity contribution in [2.24, 2.45) is 0 Å². The predicted octanol–water partition coefficient (Wildman–Crippen LogP) is 5.07. The first kappa shape index (κ1) is 20.2. The molecular weight excluding hydrogens is 374 g/mol. The molecule has 6 heteroatoms. The van der Waals surface area contributed by atoms with Crippen LogP contribution < -0.4 is 10.1 Å². The van der Waals surface area contributed by atoms with Gasteiger partial charge in [-0.3, -0.25) is 0 Å². The number of ether oxygens (including phenoxy) is 1. The number of fused-ring (bicyclic) bond motifs is 3. The van der Waals surface area contributed by atoms with Crippen LogP contribution in [0, 0.1) is 0 Å². The van der Waals surface area contributed by atoms with Crippen molar-refractivity contribution in [2.45, 2.75) is 27.3 Å². The number of benzene rings is 2. The zero-order valence-corrected chi connectivity index (χ0v) is 17.9. The zero-order valence-electron chi connectivity index (χ0n) is 17.9. The molecule has 2 aromatic heterocycles. The van der Waals surface area contributed by atoms with Crippen LogP contribution >= 0.6 is 0 Å². The minimum Gasteiger partial charge on any atom is -0.492 e. The summed E-state index contributed by atoms with van der Waals surface area (Å²) in [7, 11) is 0. The van der Waals surface area contributed by atoms with Crippen LogP contribution in [0.2, 0.25) is 0 Å². The van der Waals surface area contributed by atoms with Gasteiger partial charge in [-0.15, -0.1) is 5.10 Å². The topological polar surface area (TPSA) is 55.2 Å². The summed E-state index contributed by atoms with van der Waals surface area (Å²) in [5.74, 6) is 1.64. The van der Waals surface area contributed by atoms with Gasteiger partial charge in [-0.25, -0.2) is 0 Å². The van der Waals surface area contributed by atoms with Gasteiger partial charge in [-0.1, -0.05) is 32.0 Å². The van der Waals surface area contributed by atoms with Gasteiger partial charge >= 0.3 is 0 Å². The summed E-state index contributed by atoms with van der Waals surface area (Å²) >= 11 is 0. The molecule has 0 unspecified atom stereocenters. The molecule has 0 fully saturated rings.